The second-order valence-corrected chi connectivity index (χ2v) is 7.58. The normalized spacial score (nSPS) is 14.1. The molecule has 32 heavy (non-hydrogen) atoms. The smallest absolute Gasteiger partial charge is 0.341 e. The third kappa shape index (κ3) is 4.45. The van der Waals surface area contributed by atoms with Crippen LogP contribution in [0.1, 0.15) is 11.8 Å². The van der Waals surface area contributed by atoms with Crippen LogP contribution in [-0.2, 0) is 4.79 Å². The van der Waals surface area contributed by atoms with Gasteiger partial charge < -0.3 is 24.6 Å². The number of ether oxygens (including phenoxy) is 3. The summed E-state index contributed by atoms with van der Waals surface area (Å²) >= 11 is 1.39. The van der Waals surface area contributed by atoms with Gasteiger partial charge in [0.2, 0.25) is 17.3 Å². The zero-order valence-electron chi connectivity index (χ0n) is 17.1. The van der Waals surface area contributed by atoms with Gasteiger partial charge in [0.25, 0.3) is 0 Å². The van der Waals surface area contributed by atoms with Crippen molar-refractivity contribution in [3.05, 3.63) is 60.7 Å². The summed E-state index contributed by atoms with van der Waals surface area (Å²) in [4.78, 5) is 15.7. The van der Waals surface area contributed by atoms with Crippen molar-refractivity contribution in [3.8, 4) is 28.6 Å². The van der Waals surface area contributed by atoms with Crippen LogP contribution in [0, 0.1) is 0 Å². The van der Waals surface area contributed by atoms with Crippen LogP contribution in [0.3, 0.4) is 0 Å². The molecule has 0 radical (unpaired) electrons. The summed E-state index contributed by atoms with van der Waals surface area (Å²) in [5, 5.41) is 21.4. The minimum atomic E-state index is -1.10. The van der Waals surface area contributed by atoms with Crippen LogP contribution in [0.2, 0.25) is 0 Å². The van der Waals surface area contributed by atoms with Crippen molar-refractivity contribution >= 4 is 23.4 Å². The highest BCUT2D eigenvalue weighted by molar-refractivity contribution is 7.99. The van der Waals surface area contributed by atoms with Crippen molar-refractivity contribution in [2.75, 3.05) is 24.8 Å². The van der Waals surface area contributed by atoms with E-state index in [1.54, 1.807) is 24.3 Å². The lowest BCUT2D eigenvalue weighted by atomic mass is 10.1. The Balaban J connectivity index is 1.81. The van der Waals surface area contributed by atoms with Gasteiger partial charge in [0.1, 0.15) is 0 Å². The van der Waals surface area contributed by atoms with Crippen molar-refractivity contribution in [1.82, 2.24) is 15.2 Å². The molecule has 0 bridgehead atoms. The SMILES string of the molecule is C=CCSc1nnc2c(n1)O[C@H](c1cccc(OC)c1OCC(=O)O)Nc1ccccc1-2. The number of nitrogens with zero attached hydrogens (tertiary/aromatic N) is 3. The van der Waals surface area contributed by atoms with Crippen LogP contribution in [0.15, 0.2) is 60.3 Å². The van der Waals surface area contributed by atoms with E-state index in [0.29, 0.717) is 33.8 Å². The number of hydrogen-bond acceptors (Lipinski definition) is 9. The molecule has 1 atom stereocenters. The maximum Gasteiger partial charge on any atom is 0.341 e. The first-order chi connectivity index (χ1) is 15.6. The molecule has 0 spiro atoms. The van der Waals surface area contributed by atoms with Gasteiger partial charge >= 0.3 is 5.97 Å². The number of anilines is 1. The Hall–Kier alpha value is -3.79. The van der Waals surface area contributed by atoms with Gasteiger partial charge in [-0.1, -0.05) is 42.1 Å². The Morgan fingerprint density at radius 2 is 2.12 bits per heavy atom. The molecule has 2 heterocycles. The summed E-state index contributed by atoms with van der Waals surface area (Å²) in [6, 6.07) is 12.8. The Morgan fingerprint density at radius 1 is 1.28 bits per heavy atom. The van der Waals surface area contributed by atoms with Gasteiger partial charge in [0.05, 0.1) is 12.7 Å². The summed E-state index contributed by atoms with van der Waals surface area (Å²) in [6.07, 6.45) is 0.993. The van der Waals surface area contributed by atoms with E-state index in [4.69, 9.17) is 19.3 Å². The van der Waals surface area contributed by atoms with Crippen LogP contribution in [0.25, 0.3) is 11.3 Å². The molecule has 2 aromatic carbocycles. The number of hydrogen-bond donors (Lipinski definition) is 2. The van der Waals surface area contributed by atoms with E-state index in [1.165, 1.54) is 18.9 Å². The fourth-order valence-electron chi connectivity index (χ4n) is 3.17. The Morgan fingerprint density at radius 3 is 2.91 bits per heavy atom. The Kier molecular flexibility index (Phi) is 6.41. The van der Waals surface area contributed by atoms with Crippen LogP contribution >= 0.6 is 11.8 Å². The first kappa shape index (κ1) is 21.4. The minimum Gasteiger partial charge on any atom is -0.493 e. The summed E-state index contributed by atoms with van der Waals surface area (Å²) in [5.41, 5.74) is 2.58. The van der Waals surface area contributed by atoms with Crippen molar-refractivity contribution < 1.29 is 24.1 Å². The molecule has 0 saturated heterocycles. The molecule has 0 amide bonds. The highest BCUT2D eigenvalue weighted by Gasteiger charge is 2.29. The number of thioether (sulfide) groups is 1. The zero-order valence-corrected chi connectivity index (χ0v) is 18.0. The monoisotopic (exact) mass is 452 g/mol. The Labute approximate surface area is 188 Å². The molecule has 0 unspecified atom stereocenters. The van der Waals surface area contributed by atoms with Gasteiger partial charge in [0, 0.05) is 17.0 Å². The largest absolute Gasteiger partial charge is 0.493 e. The van der Waals surface area contributed by atoms with Gasteiger partial charge in [-0.05, 0) is 18.2 Å². The average Bonchev–Trinajstić information content (AvgIpc) is 2.97. The van der Waals surface area contributed by atoms with E-state index in [1.807, 2.05) is 24.3 Å². The topological polar surface area (TPSA) is 116 Å². The molecule has 9 nitrogen and oxygen atoms in total. The molecule has 3 aromatic rings. The Bertz CT molecular complexity index is 1160. The third-order valence-electron chi connectivity index (χ3n) is 4.52. The van der Waals surface area contributed by atoms with E-state index < -0.39 is 18.8 Å². The molecule has 1 aliphatic heterocycles. The third-order valence-corrected chi connectivity index (χ3v) is 5.35. The lowest BCUT2D eigenvalue weighted by Crippen LogP contribution is -2.20. The molecule has 164 valence electrons. The summed E-state index contributed by atoms with van der Waals surface area (Å²) in [7, 11) is 1.49. The molecule has 10 heteroatoms. The highest BCUT2D eigenvalue weighted by atomic mass is 32.2. The number of carbonyl (C=O) groups is 1. The van der Waals surface area contributed by atoms with Crippen molar-refractivity contribution in [2.45, 2.75) is 11.4 Å². The van der Waals surface area contributed by atoms with Crippen LogP contribution in [0.5, 0.6) is 17.4 Å². The number of benzene rings is 2. The molecule has 0 fully saturated rings. The lowest BCUT2D eigenvalue weighted by Gasteiger charge is -2.22. The lowest BCUT2D eigenvalue weighted by molar-refractivity contribution is -0.139. The quantitative estimate of drug-likeness (QED) is 0.386. The van der Waals surface area contributed by atoms with E-state index in [0.717, 1.165) is 11.3 Å². The van der Waals surface area contributed by atoms with E-state index in [9.17, 15) is 4.79 Å². The maximum atomic E-state index is 11.1. The second kappa shape index (κ2) is 9.56. The molecular weight excluding hydrogens is 432 g/mol. The minimum absolute atomic E-state index is 0.263. The number of carboxylic acids is 1. The first-order valence-electron chi connectivity index (χ1n) is 9.63. The average molecular weight is 452 g/mol. The fourth-order valence-corrected chi connectivity index (χ4v) is 3.68. The molecule has 0 aliphatic carbocycles. The van der Waals surface area contributed by atoms with Crippen LogP contribution in [-0.4, -0.2) is 45.7 Å². The number of nitrogens with one attached hydrogen (secondary N) is 1. The number of carboxylic acid groups (broad SMARTS) is 1. The van der Waals surface area contributed by atoms with Crippen molar-refractivity contribution in [2.24, 2.45) is 0 Å². The van der Waals surface area contributed by atoms with E-state index in [-0.39, 0.29) is 5.75 Å². The zero-order chi connectivity index (χ0) is 22.5. The number of fused-ring (bicyclic) bond motifs is 3. The van der Waals surface area contributed by atoms with Crippen LogP contribution in [0.4, 0.5) is 5.69 Å². The molecular formula is C22H20N4O5S. The van der Waals surface area contributed by atoms with Crippen molar-refractivity contribution in [3.63, 3.8) is 0 Å². The fraction of sp³-hybridized carbons (Fsp3) is 0.182. The number of para-hydroxylation sites is 2. The number of rotatable bonds is 8. The predicted molar refractivity (Wildman–Crippen MR) is 119 cm³/mol. The van der Waals surface area contributed by atoms with Gasteiger partial charge in [-0.25, -0.2) is 4.79 Å². The molecule has 4 rings (SSSR count). The highest BCUT2D eigenvalue weighted by Crippen LogP contribution is 2.43. The number of aromatic nitrogens is 3. The van der Waals surface area contributed by atoms with Gasteiger partial charge in [0.15, 0.2) is 23.8 Å². The second-order valence-electron chi connectivity index (χ2n) is 6.60. The van der Waals surface area contributed by atoms with Gasteiger partial charge in [-0.2, -0.15) is 4.98 Å². The first-order valence-corrected chi connectivity index (χ1v) is 10.6. The summed E-state index contributed by atoms with van der Waals surface area (Å²) in [6.45, 7) is 3.18. The molecule has 2 N–H and O–H groups in total. The standard InChI is InChI=1S/C22H20N4O5S/c1-3-11-32-22-24-21-18(25-26-22)13-7-4-5-9-15(13)23-20(31-21)14-8-6-10-16(29-2)19(14)30-12-17(27)28/h3-10,20,23H,1,11-12H2,2H3,(H,27,28)/t20-/m1/s1. The summed E-state index contributed by atoms with van der Waals surface area (Å²) in [5.74, 6) is 0.463. The van der Waals surface area contributed by atoms with Gasteiger partial charge in [-0.3, -0.25) is 0 Å². The van der Waals surface area contributed by atoms with Gasteiger partial charge in [-0.15, -0.1) is 16.8 Å². The van der Waals surface area contributed by atoms with Crippen molar-refractivity contribution in [1.29, 1.82) is 0 Å². The van der Waals surface area contributed by atoms with E-state index in [2.05, 4.69) is 27.1 Å². The molecule has 1 aromatic heterocycles. The number of methoxy groups -OCH3 is 1. The number of aliphatic carboxylic acids is 1. The van der Waals surface area contributed by atoms with E-state index >= 15 is 0 Å². The molecule has 1 aliphatic rings. The predicted octanol–water partition coefficient (Wildman–Crippen LogP) is 3.79. The van der Waals surface area contributed by atoms with Crippen LogP contribution < -0.4 is 19.5 Å². The maximum absolute atomic E-state index is 11.1. The molecule has 0 saturated carbocycles. The summed E-state index contributed by atoms with van der Waals surface area (Å²) < 4.78 is 17.2.